The number of likely N-dealkylation sites (tertiary alicyclic amines) is 1. The zero-order valence-corrected chi connectivity index (χ0v) is 22.5. The van der Waals surface area contributed by atoms with Gasteiger partial charge in [-0.1, -0.05) is 40.5 Å². The third-order valence-electron chi connectivity index (χ3n) is 6.87. The largest absolute Gasteiger partial charge is 0.356 e. The molecule has 2 aliphatic heterocycles. The van der Waals surface area contributed by atoms with Crippen molar-refractivity contribution in [2.45, 2.75) is 51.0 Å². The molecule has 1 aromatic carbocycles. The van der Waals surface area contributed by atoms with Gasteiger partial charge in [0.25, 0.3) is 5.91 Å². The van der Waals surface area contributed by atoms with Gasteiger partial charge in [-0.25, -0.2) is 0 Å². The van der Waals surface area contributed by atoms with Crippen molar-refractivity contribution in [1.82, 2.24) is 25.6 Å². The van der Waals surface area contributed by atoms with Crippen molar-refractivity contribution in [2.24, 2.45) is 0 Å². The first-order valence-corrected chi connectivity index (χ1v) is 13.7. The number of hydrogen-bond donors (Lipinski definition) is 2. The minimum absolute atomic E-state index is 0.105. The lowest BCUT2D eigenvalue weighted by molar-refractivity contribution is -0.134. The van der Waals surface area contributed by atoms with E-state index in [1.807, 2.05) is 41.4 Å². The molecule has 3 aromatic rings. The van der Waals surface area contributed by atoms with Crippen molar-refractivity contribution in [3.63, 3.8) is 0 Å². The first-order chi connectivity index (χ1) is 17.3. The summed E-state index contributed by atoms with van der Waals surface area (Å²) in [6.07, 6.45) is 5.52. The van der Waals surface area contributed by atoms with E-state index in [9.17, 15) is 4.79 Å². The molecule has 0 bridgehead atoms. The van der Waals surface area contributed by atoms with Crippen LogP contribution in [0.2, 0.25) is 9.36 Å². The number of nitrogens with zero attached hydrogens (tertiary/aromatic N) is 3. The molecule has 2 N–H and O–H groups in total. The summed E-state index contributed by atoms with van der Waals surface area (Å²) in [4.78, 5) is 19.3. The third-order valence-corrected chi connectivity index (χ3v) is 8.37. The van der Waals surface area contributed by atoms with Gasteiger partial charge in [-0.15, -0.1) is 11.3 Å². The predicted molar refractivity (Wildman–Crippen MR) is 144 cm³/mol. The summed E-state index contributed by atoms with van der Waals surface area (Å²) in [5, 5.41) is 11.5. The minimum atomic E-state index is -1.13. The number of rotatable bonds is 7. The monoisotopic (exact) mass is 545 g/mol. The lowest BCUT2D eigenvalue weighted by atomic mass is 9.95. The van der Waals surface area contributed by atoms with E-state index in [0.717, 1.165) is 36.4 Å². The second-order valence-corrected chi connectivity index (χ2v) is 11.6. The summed E-state index contributed by atoms with van der Waals surface area (Å²) in [5.74, 6) is 0.545. The highest BCUT2D eigenvalue weighted by atomic mass is 35.5. The zero-order chi connectivity index (χ0) is 25.3. The van der Waals surface area contributed by atoms with E-state index < -0.39 is 5.66 Å². The quantitative estimate of drug-likeness (QED) is 0.412. The van der Waals surface area contributed by atoms with Gasteiger partial charge in [0.1, 0.15) is 5.69 Å². The Labute approximate surface area is 225 Å². The van der Waals surface area contributed by atoms with Gasteiger partial charge < -0.3 is 25.0 Å². The Kier molecular flexibility index (Phi) is 7.30. The Bertz CT molecular complexity index is 1230. The number of thiophene rings is 1. The molecule has 2 aliphatic rings. The smallest absolute Gasteiger partial charge is 0.271 e. The van der Waals surface area contributed by atoms with Crippen LogP contribution in [0.3, 0.4) is 0 Å². The summed E-state index contributed by atoms with van der Waals surface area (Å²) < 4.78 is 6.27. The molecular weight excluding hydrogens is 517 g/mol. The minimum Gasteiger partial charge on any atom is -0.356 e. The molecule has 0 radical (unpaired) electrons. The predicted octanol–water partition coefficient (Wildman–Crippen LogP) is 5.43. The maximum Gasteiger partial charge on any atom is 0.271 e. The fourth-order valence-corrected chi connectivity index (χ4v) is 5.97. The van der Waals surface area contributed by atoms with Gasteiger partial charge in [-0.2, -0.15) is 0 Å². The SMILES string of the molecule is CC(C)N1CCC(NC(=O)C2(c3ccc(Cl)cc3)NC=CN2Cc2cc(-c3ccc(Cl)s3)on2)CC1. The number of amides is 1. The van der Waals surface area contributed by atoms with E-state index in [1.165, 1.54) is 11.3 Å². The highest BCUT2D eigenvalue weighted by Crippen LogP contribution is 2.35. The lowest BCUT2D eigenvalue weighted by Crippen LogP contribution is -2.61. The number of carbonyl (C=O) groups excluding carboxylic acids is 1. The first kappa shape index (κ1) is 25.1. The number of nitrogens with one attached hydrogen (secondary N) is 2. The Morgan fingerprint density at radius 2 is 1.97 bits per heavy atom. The van der Waals surface area contributed by atoms with E-state index in [4.69, 9.17) is 27.7 Å². The number of piperidine rings is 1. The van der Waals surface area contributed by atoms with Gasteiger partial charge in [0.15, 0.2) is 5.76 Å². The standard InChI is InChI=1S/C26H29Cl2N5O2S/c1-17(2)32-12-9-20(10-13-32)30-25(34)26(18-3-5-19(27)6-4-18)29-11-14-33(26)16-21-15-22(35-31-21)23-7-8-24(28)36-23/h3-8,11,14-15,17,20,29H,9-10,12-13,16H2,1-2H3,(H,30,34). The molecule has 1 amide bonds. The third kappa shape index (κ3) is 5.00. The Morgan fingerprint density at radius 1 is 1.22 bits per heavy atom. The molecule has 1 fully saturated rings. The summed E-state index contributed by atoms with van der Waals surface area (Å²) in [6.45, 7) is 6.74. The van der Waals surface area contributed by atoms with E-state index in [-0.39, 0.29) is 11.9 Å². The second kappa shape index (κ2) is 10.5. The van der Waals surface area contributed by atoms with Crippen LogP contribution >= 0.6 is 34.5 Å². The molecule has 1 saturated heterocycles. The molecular formula is C26H29Cl2N5O2S. The number of carbonyl (C=O) groups is 1. The number of halogens is 2. The molecule has 4 heterocycles. The Hall–Kier alpha value is -2.52. The van der Waals surface area contributed by atoms with Crippen LogP contribution in [-0.4, -0.2) is 46.0 Å². The topological polar surface area (TPSA) is 73.6 Å². The van der Waals surface area contributed by atoms with Gasteiger partial charge in [0, 0.05) is 54.2 Å². The highest BCUT2D eigenvalue weighted by molar-refractivity contribution is 7.19. The average molecular weight is 547 g/mol. The van der Waals surface area contributed by atoms with Gasteiger partial charge in [-0.05, 0) is 51.0 Å². The van der Waals surface area contributed by atoms with Crippen molar-refractivity contribution in [2.75, 3.05) is 13.1 Å². The average Bonchev–Trinajstić information content (AvgIpc) is 3.61. The van der Waals surface area contributed by atoms with Gasteiger partial charge >= 0.3 is 0 Å². The van der Waals surface area contributed by atoms with Crippen LogP contribution in [0.4, 0.5) is 0 Å². The van der Waals surface area contributed by atoms with Crippen LogP contribution in [0, 0.1) is 0 Å². The first-order valence-electron chi connectivity index (χ1n) is 12.1. The molecule has 1 atom stereocenters. The van der Waals surface area contributed by atoms with Crippen LogP contribution in [0.25, 0.3) is 10.6 Å². The Balaban J connectivity index is 1.39. The molecule has 10 heteroatoms. The molecule has 0 aliphatic carbocycles. The van der Waals surface area contributed by atoms with Crippen LogP contribution in [0.1, 0.15) is 37.9 Å². The Morgan fingerprint density at radius 3 is 2.64 bits per heavy atom. The number of hydrogen-bond acceptors (Lipinski definition) is 7. The lowest BCUT2D eigenvalue weighted by Gasteiger charge is -2.41. The highest BCUT2D eigenvalue weighted by Gasteiger charge is 2.47. The summed E-state index contributed by atoms with van der Waals surface area (Å²) >= 11 is 13.7. The molecule has 5 rings (SSSR count). The molecule has 2 aromatic heterocycles. The normalized spacial score (nSPS) is 20.8. The molecule has 36 heavy (non-hydrogen) atoms. The zero-order valence-electron chi connectivity index (χ0n) is 20.2. The van der Waals surface area contributed by atoms with E-state index >= 15 is 0 Å². The number of aromatic nitrogens is 1. The fraction of sp³-hybridized carbons (Fsp3) is 0.385. The van der Waals surface area contributed by atoms with E-state index in [0.29, 0.717) is 33.4 Å². The van der Waals surface area contributed by atoms with Crippen LogP contribution < -0.4 is 10.6 Å². The van der Waals surface area contributed by atoms with Gasteiger partial charge in [0.05, 0.1) is 15.8 Å². The van der Waals surface area contributed by atoms with Gasteiger partial charge in [-0.3, -0.25) is 4.79 Å². The second-order valence-electron chi connectivity index (χ2n) is 9.47. The van der Waals surface area contributed by atoms with Crippen molar-refractivity contribution in [3.05, 3.63) is 75.5 Å². The molecule has 7 nitrogen and oxygen atoms in total. The van der Waals surface area contributed by atoms with Crippen LogP contribution in [-0.2, 0) is 17.0 Å². The van der Waals surface area contributed by atoms with E-state index in [2.05, 4.69) is 34.5 Å². The number of benzene rings is 1. The summed E-state index contributed by atoms with van der Waals surface area (Å²) in [5.41, 5.74) is 0.368. The van der Waals surface area contributed by atoms with Gasteiger partial charge in [0.2, 0.25) is 5.66 Å². The maximum atomic E-state index is 14.0. The molecule has 0 saturated carbocycles. The maximum absolute atomic E-state index is 14.0. The fourth-order valence-electron chi connectivity index (χ4n) is 4.85. The van der Waals surface area contributed by atoms with Crippen molar-refractivity contribution in [3.8, 4) is 10.6 Å². The van der Waals surface area contributed by atoms with Crippen molar-refractivity contribution >= 4 is 40.4 Å². The van der Waals surface area contributed by atoms with Crippen LogP contribution in [0.15, 0.2) is 59.4 Å². The van der Waals surface area contributed by atoms with Crippen molar-refractivity contribution in [1.29, 1.82) is 0 Å². The molecule has 0 spiro atoms. The summed E-state index contributed by atoms with van der Waals surface area (Å²) in [7, 11) is 0. The summed E-state index contributed by atoms with van der Waals surface area (Å²) in [6, 6.07) is 13.6. The molecule has 190 valence electrons. The van der Waals surface area contributed by atoms with Crippen molar-refractivity contribution < 1.29 is 9.32 Å². The van der Waals surface area contributed by atoms with Crippen LogP contribution in [0.5, 0.6) is 0 Å². The van der Waals surface area contributed by atoms with E-state index in [1.54, 1.807) is 18.3 Å². The molecule has 1 unspecified atom stereocenters.